The second-order valence-corrected chi connectivity index (χ2v) is 2.09. The van der Waals surface area contributed by atoms with Crippen LogP contribution in [0.5, 0.6) is 0 Å². The van der Waals surface area contributed by atoms with Crippen LogP contribution in [0.25, 0.3) is 0 Å². The van der Waals surface area contributed by atoms with Gasteiger partial charge in [0, 0.05) is 13.1 Å². The predicted molar refractivity (Wildman–Crippen MR) is 39.3 cm³/mol. The summed E-state index contributed by atoms with van der Waals surface area (Å²) in [6.07, 6.45) is 0.827. The SMILES string of the molecule is O=CNCC(CNC=O)C(=O)O. The van der Waals surface area contributed by atoms with Crippen LogP contribution in [-0.2, 0) is 14.4 Å². The van der Waals surface area contributed by atoms with E-state index in [9.17, 15) is 14.4 Å². The molecule has 0 aromatic rings. The third-order valence-corrected chi connectivity index (χ3v) is 1.24. The molecule has 0 aromatic heterocycles. The lowest BCUT2D eigenvalue weighted by Gasteiger charge is -2.09. The number of carboxylic acid groups (broad SMARTS) is 1. The molecule has 12 heavy (non-hydrogen) atoms. The molecule has 0 unspecified atom stereocenters. The molecule has 0 bridgehead atoms. The van der Waals surface area contributed by atoms with Gasteiger partial charge in [-0.3, -0.25) is 14.4 Å². The molecule has 0 aliphatic rings. The van der Waals surface area contributed by atoms with Crippen LogP contribution < -0.4 is 10.6 Å². The Morgan fingerprint density at radius 3 is 1.92 bits per heavy atom. The smallest absolute Gasteiger partial charge is 0.310 e. The van der Waals surface area contributed by atoms with E-state index in [4.69, 9.17) is 5.11 Å². The molecule has 2 amide bonds. The number of carbonyl (C=O) groups excluding carboxylic acids is 2. The van der Waals surface area contributed by atoms with Crippen LogP contribution in [0.4, 0.5) is 0 Å². The maximum Gasteiger partial charge on any atom is 0.310 e. The first-order valence-electron chi connectivity index (χ1n) is 3.29. The van der Waals surface area contributed by atoms with Gasteiger partial charge in [-0.15, -0.1) is 0 Å². The minimum Gasteiger partial charge on any atom is -0.481 e. The molecule has 3 N–H and O–H groups in total. The Balaban J connectivity index is 3.77. The first-order chi connectivity index (χ1) is 5.72. The molecule has 0 saturated heterocycles. The van der Waals surface area contributed by atoms with Gasteiger partial charge < -0.3 is 15.7 Å². The Morgan fingerprint density at radius 2 is 1.67 bits per heavy atom. The van der Waals surface area contributed by atoms with Crippen molar-refractivity contribution >= 4 is 18.8 Å². The van der Waals surface area contributed by atoms with E-state index in [2.05, 4.69) is 10.6 Å². The first-order valence-corrected chi connectivity index (χ1v) is 3.29. The average molecular weight is 174 g/mol. The van der Waals surface area contributed by atoms with Crippen molar-refractivity contribution in [3.63, 3.8) is 0 Å². The van der Waals surface area contributed by atoms with Gasteiger partial charge in [0.15, 0.2) is 0 Å². The third kappa shape index (κ3) is 4.26. The molecular weight excluding hydrogens is 164 g/mol. The highest BCUT2D eigenvalue weighted by molar-refractivity contribution is 5.71. The molecule has 0 spiro atoms. The lowest BCUT2D eigenvalue weighted by Crippen LogP contribution is -2.35. The highest BCUT2D eigenvalue weighted by atomic mass is 16.4. The number of hydrogen-bond acceptors (Lipinski definition) is 3. The summed E-state index contributed by atoms with van der Waals surface area (Å²) >= 11 is 0. The zero-order chi connectivity index (χ0) is 9.40. The summed E-state index contributed by atoms with van der Waals surface area (Å²) in [6.45, 7) is 0.0271. The molecule has 0 aliphatic heterocycles. The Bertz CT molecular complexity index is 159. The molecule has 0 atom stereocenters. The van der Waals surface area contributed by atoms with Crippen molar-refractivity contribution in [3.8, 4) is 0 Å². The van der Waals surface area contributed by atoms with Gasteiger partial charge in [-0.1, -0.05) is 0 Å². The van der Waals surface area contributed by atoms with Gasteiger partial charge in [-0.2, -0.15) is 0 Å². The van der Waals surface area contributed by atoms with E-state index in [1.54, 1.807) is 0 Å². The number of carboxylic acids is 1. The predicted octanol–water partition coefficient (Wildman–Crippen LogP) is -1.82. The summed E-state index contributed by atoms with van der Waals surface area (Å²) in [5, 5.41) is 13.0. The summed E-state index contributed by atoms with van der Waals surface area (Å²) in [5.74, 6) is -1.83. The molecule has 0 aromatic carbocycles. The Hall–Kier alpha value is -1.59. The highest BCUT2D eigenvalue weighted by Crippen LogP contribution is 1.91. The summed E-state index contributed by atoms with van der Waals surface area (Å²) in [6, 6.07) is 0. The van der Waals surface area contributed by atoms with Crippen molar-refractivity contribution in [1.29, 1.82) is 0 Å². The largest absolute Gasteiger partial charge is 0.481 e. The minimum absolute atomic E-state index is 0.0136. The number of rotatable bonds is 7. The van der Waals surface area contributed by atoms with Gasteiger partial charge in [-0.25, -0.2) is 0 Å². The van der Waals surface area contributed by atoms with E-state index in [1.165, 1.54) is 0 Å². The van der Waals surface area contributed by atoms with Gasteiger partial charge in [0.05, 0.1) is 5.92 Å². The quantitative estimate of drug-likeness (QED) is 0.396. The van der Waals surface area contributed by atoms with Crippen LogP contribution in [0.15, 0.2) is 0 Å². The molecule has 0 saturated carbocycles. The van der Waals surface area contributed by atoms with Crippen molar-refractivity contribution in [2.24, 2.45) is 5.92 Å². The van der Waals surface area contributed by atoms with E-state index in [1.807, 2.05) is 0 Å². The summed E-state index contributed by atoms with van der Waals surface area (Å²) in [7, 11) is 0. The van der Waals surface area contributed by atoms with Gasteiger partial charge in [0.25, 0.3) is 0 Å². The first kappa shape index (κ1) is 10.4. The average Bonchev–Trinajstić information content (AvgIpc) is 2.04. The zero-order valence-electron chi connectivity index (χ0n) is 6.32. The van der Waals surface area contributed by atoms with Gasteiger partial charge in [0.2, 0.25) is 12.8 Å². The Morgan fingerprint density at radius 1 is 1.25 bits per heavy atom. The molecule has 6 nitrogen and oxygen atoms in total. The molecular formula is C6H10N2O4. The van der Waals surface area contributed by atoms with Gasteiger partial charge in [-0.05, 0) is 0 Å². The van der Waals surface area contributed by atoms with Crippen LogP contribution >= 0.6 is 0 Å². The molecule has 0 aliphatic carbocycles. The minimum atomic E-state index is -1.06. The summed E-state index contributed by atoms with van der Waals surface area (Å²) < 4.78 is 0. The maximum atomic E-state index is 10.4. The number of carbonyl (C=O) groups is 3. The topological polar surface area (TPSA) is 95.5 Å². The van der Waals surface area contributed by atoms with Crippen LogP contribution in [0.1, 0.15) is 0 Å². The fraction of sp³-hybridized carbons (Fsp3) is 0.500. The number of hydrogen-bond donors (Lipinski definition) is 3. The molecule has 0 heterocycles. The lowest BCUT2D eigenvalue weighted by atomic mass is 10.1. The number of amides is 2. The Kier molecular flexibility index (Phi) is 5.33. The standard InChI is InChI=1S/C6H10N2O4/c9-3-7-1-5(6(11)12)2-8-4-10/h3-5H,1-2H2,(H,7,9)(H,8,10)(H,11,12). The molecule has 0 rings (SSSR count). The fourth-order valence-electron chi connectivity index (χ4n) is 0.628. The zero-order valence-corrected chi connectivity index (χ0v) is 6.32. The summed E-state index contributed by atoms with van der Waals surface area (Å²) in [4.78, 5) is 30.0. The highest BCUT2D eigenvalue weighted by Gasteiger charge is 2.15. The Labute approximate surface area is 68.9 Å². The number of aliphatic carboxylic acids is 1. The molecule has 68 valence electrons. The second-order valence-electron chi connectivity index (χ2n) is 2.09. The number of nitrogens with one attached hydrogen (secondary N) is 2. The maximum absolute atomic E-state index is 10.4. The van der Waals surface area contributed by atoms with Crippen molar-refractivity contribution in [1.82, 2.24) is 10.6 Å². The van der Waals surface area contributed by atoms with Crippen molar-refractivity contribution < 1.29 is 19.5 Å². The fourth-order valence-corrected chi connectivity index (χ4v) is 0.628. The van der Waals surface area contributed by atoms with Crippen LogP contribution in [-0.4, -0.2) is 37.0 Å². The normalized spacial score (nSPS) is 9.08. The van der Waals surface area contributed by atoms with E-state index < -0.39 is 11.9 Å². The van der Waals surface area contributed by atoms with E-state index >= 15 is 0 Å². The van der Waals surface area contributed by atoms with E-state index in [0.717, 1.165) is 0 Å². The lowest BCUT2D eigenvalue weighted by molar-refractivity contribution is -0.141. The molecule has 0 radical (unpaired) electrons. The third-order valence-electron chi connectivity index (χ3n) is 1.24. The van der Waals surface area contributed by atoms with Crippen LogP contribution in [0, 0.1) is 5.92 Å². The van der Waals surface area contributed by atoms with Gasteiger partial charge in [0.1, 0.15) is 0 Å². The van der Waals surface area contributed by atoms with Crippen molar-refractivity contribution in [3.05, 3.63) is 0 Å². The van der Waals surface area contributed by atoms with Crippen molar-refractivity contribution in [2.75, 3.05) is 13.1 Å². The monoisotopic (exact) mass is 174 g/mol. The van der Waals surface area contributed by atoms with E-state index in [-0.39, 0.29) is 13.1 Å². The molecule has 0 fully saturated rings. The van der Waals surface area contributed by atoms with Crippen LogP contribution in [0.3, 0.4) is 0 Å². The summed E-state index contributed by atoms with van der Waals surface area (Å²) in [5.41, 5.74) is 0. The molecule has 6 heteroatoms. The van der Waals surface area contributed by atoms with E-state index in [0.29, 0.717) is 12.8 Å². The van der Waals surface area contributed by atoms with Gasteiger partial charge >= 0.3 is 5.97 Å². The van der Waals surface area contributed by atoms with Crippen molar-refractivity contribution in [2.45, 2.75) is 0 Å². The second kappa shape index (κ2) is 6.14. The van der Waals surface area contributed by atoms with Crippen LogP contribution in [0.2, 0.25) is 0 Å².